The summed E-state index contributed by atoms with van der Waals surface area (Å²) >= 11 is 6.24. The number of nitrogens with one attached hydrogen (secondary N) is 1. The second kappa shape index (κ2) is 7.98. The summed E-state index contributed by atoms with van der Waals surface area (Å²) in [4.78, 5) is 7.36. The molecule has 1 N–H and O–H groups in total. The Labute approximate surface area is 164 Å². The zero-order valence-corrected chi connectivity index (χ0v) is 15.7. The highest BCUT2D eigenvalue weighted by Crippen LogP contribution is 2.33. The Balaban J connectivity index is 1.95. The summed E-state index contributed by atoms with van der Waals surface area (Å²) in [5.74, 6) is 0.581. The first-order valence-electron chi connectivity index (χ1n) is 8.29. The zero-order valence-electron chi connectivity index (χ0n) is 15.0. The second-order valence-electron chi connectivity index (χ2n) is 5.81. The van der Waals surface area contributed by atoms with Gasteiger partial charge >= 0.3 is 6.36 Å². The van der Waals surface area contributed by atoms with E-state index in [1.54, 1.807) is 19.1 Å². The molecular weight excluding hydrogens is 393 g/mol. The predicted molar refractivity (Wildman–Crippen MR) is 101 cm³/mol. The minimum atomic E-state index is -4.80. The molecule has 0 saturated heterocycles. The summed E-state index contributed by atoms with van der Waals surface area (Å²) in [6.07, 6.45) is -2.13. The number of rotatable bonds is 5. The number of aromatic nitrogens is 2. The van der Waals surface area contributed by atoms with Gasteiger partial charge in [0, 0.05) is 11.1 Å². The van der Waals surface area contributed by atoms with Gasteiger partial charge < -0.3 is 14.1 Å². The number of hydrogen-bond acceptors (Lipinski definition) is 3. The normalized spacial score (nSPS) is 13.1. The molecule has 0 amide bonds. The number of aromatic amines is 1. The molecule has 1 aromatic carbocycles. The van der Waals surface area contributed by atoms with Crippen LogP contribution in [0.3, 0.4) is 0 Å². The van der Waals surface area contributed by atoms with Crippen molar-refractivity contribution in [3.8, 4) is 22.8 Å². The van der Waals surface area contributed by atoms with E-state index in [2.05, 4.69) is 14.7 Å². The molecule has 146 valence electrons. The minimum absolute atomic E-state index is 0.197. The Morgan fingerprint density at radius 3 is 2.54 bits per heavy atom. The van der Waals surface area contributed by atoms with Crippen LogP contribution in [0.25, 0.3) is 28.4 Å². The van der Waals surface area contributed by atoms with E-state index < -0.39 is 6.36 Å². The molecule has 0 aliphatic carbocycles. The van der Waals surface area contributed by atoms with Crippen molar-refractivity contribution >= 4 is 17.2 Å². The fraction of sp³-hybridized carbons (Fsp3) is 0.150. The van der Waals surface area contributed by atoms with Gasteiger partial charge in [-0.15, -0.1) is 13.2 Å². The molecule has 0 bridgehead atoms. The van der Waals surface area contributed by atoms with E-state index in [1.165, 1.54) is 19.1 Å². The van der Waals surface area contributed by atoms with Gasteiger partial charge in [0.1, 0.15) is 22.4 Å². The highest BCUT2D eigenvalue weighted by Gasteiger charge is 2.32. The molecule has 2 heterocycles. The number of alkyl halides is 3. The first-order chi connectivity index (χ1) is 13.3. The van der Waals surface area contributed by atoms with Crippen LogP contribution in [0, 0.1) is 0 Å². The number of imidazole rings is 1. The van der Waals surface area contributed by atoms with Crippen molar-refractivity contribution in [1.82, 2.24) is 9.97 Å². The number of benzene rings is 1. The van der Waals surface area contributed by atoms with E-state index in [0.29, 0.717) is 22.4 Å². The van der Waals surface area contributed by atoms with Gasteiger partial charge in [-0.3, -0.25) is 0 Å². The molecule has 0 fully saturated rings. The fourth-order valence-corrected chi connectivity index (χ4v) is 2.80. The number of H-pyrrole nitrogens is 1. The third-order valence-corrected chi connectivity index (χ3v) is 4.10. The maximum Gasteiger partial charge on any atom is 0.573 e. The van der Waals surface area contributed by atoms with Crippen molar-refractivity contribution in [3.05, 3.63) is 71.3 Å². The molecule has 3 aromatic rings. The lowest BCUT2D eigenvalue weighted by Crippen LogP contribution is -2.12. The number of furan rings is 1. The van der Waals surface area contributed by atoms with Gasteiger partial charge in [0.25, 0.3) is 0 Å². The first-order valence-corrected chi connectivity index (χ1v) is 8.67. The largest absolute Gasteiger partial charge is 0.573 e. The summed E-state index contributed by atoms with van der Waals surface area (Å²) in [7, 11) is 0. The fourth-order valence-electron chi connectivity index (χ4n) is 2.56. The van der Waals surface area contributed by atoms with Crippen LogP contribution >= 0.6 is 11.6 Å². The molecule has 0 saturated carbocycles. The molecular formula is C20H16ClF3N2O2. The standard InChI is InChI=1S/C20H16ClF3N2O2/c1-3-7-15(28-20(22,23)24)12(2)14-10-11-16(27-14)19-25-17(18(21)26-19)13-8-5-4-6-9-13/h3-11H,1-2H3,(H,25,26)/b7-3-,15-12-. The van der Waals surface area contributed by atoms with E-state index in [0.717, 1.165) is 5.56 Å². The Kier molecular flexibility index (Phi) is 5.65. The van der Waals surface area contributed by atoms with Crippen LogP contribution in [0.1, 0.15) is 19.6 Å². The van der Waals surface area contributed by atoms with Gasteiger partial charge in [0.05, 0.1) is 0 Å². The number of nitrogens with zero attached hydrogens (tertiary/aromatic N) is 1. The summed E-state index contributed by atoms with van der Waals surface area (Å²) in [6, 6.07) is 12.5. The third-order valence-electron chi connectivity index (χ3n) is 3.83. The molecule has 3 rings (SSSR count). The molecule has 4 nitrogen and oxygen atoms in total. The van der Waals surface area contributed by atoms with Crippen LogP contribution in [0.2, 0.25) is 5.15 Å². The SMILES string of the molecule is C/C=C\C(OC(F)(F)F)=C(/C)c1ccc(-c2nc(-c3ccccc3)c(Cl)[nH]2)o1. The van der Waals surface area contributed by atoms with Crippen molar-refractivity contribution in [2.24, 2.45) is 0 Å². The molecule has 0 aliphatic rings. The highest BCUT2D eigenvalue weighted by atomic mass is 35.5. The summed E-state index contributed by atoms with van der Waals surface area (Å²) < 4.78 is 47.7. The lowest BCUT2D eigenvalue weighted by Gasteiger charge is -2.11. The lowest BCUT2D eigenvalue weighted by molar-refractivity contribution is -0.303. The van der Waals surface area contributed by atoms with E-state index in [-0.39, 0.29) is 17.1 Å². The molecule has 0 spiro atoms. The first kappa shape index (κ1) is 19.8. The van der Waals surface area contributed by atoms with Crippen LogP contribution < -0.4 is 0 Å². The van der Waals surface area contributed by atoms with Crippen LogP contribution in [-0.2, 0) is 4.74 Å². The molecule has 0 atom stereocenters. The quantitative estimate of drug-likeness (QED) is 0.371. The van der Waals surface area contributed by atoms with Crippen molar-refractivity contribution in [1.29, 1.82) is 0 Å². The highest BCUT2D eigenvalue weighted by molar-refractivity contribution is 6.32. The maximum atomic E-state index is 12.6. The molecule has 2 aromatic heterocycles. The van der Waals surface area contributed by atoms with E-state index >= 15 is 0 Å². The van der Waals surface area contributed by atoms with E-state index in [4.69, 9.17) is 16.0 Å². The third kappa shape index (κ3) is 4.48. The van der Waals surface area contributed by atoms with Gasteiger partial charge in [-0.25, -0.2) is 4.98 Å². The van der Waals surface area contributed by atoms with Crippen LogP contribution in [0.5, 0.6) is 0 Å². The van der Waals surface area contributed by atoms with Crippen LogP contribution in [0.15, 0.2) is 64.8 Å². The Bertz CT molecular complexity index is 1020. The molecule has 8 heteroatoms. The smallest absolute Gasteiger partial charge is 0.453 e. The minimum Gasteiger partial charge on any atom is -0.453 e. The van der Waals surface area contributed by atoms with E-state index in [1.807, 2.05) is 30.3 Å². The Hall–Kier alpha value is -2.93. The Morgan fingerprint density at radius 2 is 1.89 bits per heavy atom. The Morgan fingerprint density at radius 1 is 1.18 bits per heavy atom. The number of halogens is 4. The second-order valence-corrected chi connectivity index (χ2v) is 6.19. The lowest BCUT2D eigenvalue weighted by atomic mass is 10.2. The van der Waals surface area contributed by atoms with Gasteiger partial charge in [0.2, 0.25) is 0 Å². The average molecular weight is 409 g/mol. The summed E-state index contributed by atoms with van der Waals surface area (Å²) in [6.45, 7) is 3.07. The molecule has 0 aliphatic heterocycles. The number of allylic oxidation sites excluding steroid dienone is 3. The van der Waals surface area contributed by atoms with Gasteiger partial charge in [-0.1, -0.05) is 48.0 Å². The monoisotopic (exact) mass is 408 g/mol. The van der Waals surface area contributed by atoms with E-state index in [9.17, 15) is 13.2 Å². The number of hydrogen-bond donors (Lipinski definition) is 1. The summed E-state index contributed by atoms with van der Waals surface area (Å²) in [5, 5.41) is 0.335. The van der Waals surface area contributed by atoms with Gasteiger partial charge in [-0.05, 0) is 32.1 Å². The topological polar surface area (TPSA) is 51.0 Å². The zero-order chi connectivity index (χ0) is 20.3. The average Bonchev–Trinajstić information content (AvgIpc) is 3.27. The van der Waals surface area contributed by atoms with Crippen molar-refractivity contribution < 1.29 is 22.3 Å². The van der Waals surface area contributed by atoms with Gasteiger partial charge in [0.15, 0.2) is 11.6 Å². The maximum absolute atomic E-state index is 12.6. The van der Waals surface area contributed by atoms with Gasteiger partial charge in [-0.2, -0.15) is 0 Å². The van der Waals surface area contributed by atoms with Crippen molar-refractivity contribution in [2.75, 3.05) is 0 Å². The van der Waals surface area contributed by atoms with Crippen molar-refractivity contribution in [3.63, 3.8) is 0 Å². The molecule has 0 radical (unpaired) electrons. The molecule has 28 heavy (non-hydrogen) atoms. The molecule has 0 unspecified atom stereocenters. The number of ether oxygens (including phenoxy) is 1. The summed E-state index contributed by atoms with van der Waals surface area (Å²) in [5.41, 5.74) is 1.58. The predicted octanol–water partition coefficient (Wildman–Crippen LogP) is 6.83. The van der Waals surface area contributed by atoms with Crippen molar-refractivity contribution in [2.45, 2.75) is 20.2 Å². The van der Waals surface area contributed by atoms with Crippen LogP contribution in [0.4, 0.5) is 13.2 Å². The van der Waals surface area contributed by atoms with Crippen LogP contribution in [-0.4, -0.2) is 16.3 Å².